The van der Waals surface area contributed by atoms with E-state index >= 15 is 0 Å². The Labute approximate surface area is 158 Å². The van der Waals surface area contributed by atoms with Crippen LogP contribution in [0.2, 0.25) is 0 Å². The second-order valence-corrected chi connectivity index (χ2v) is 8.60. The Balaban J connectivity index is 1.64. The first-order valence-electron chi connectivity index (χ1n) is 8.63. The van der Waals surface area contributed by atoms with E-state index in [1.807, 2.05) is 43.3 Å². The maximum Gasteiger partial charge on any atom is 0.227 e. The highest BCUT2D eigenvalue weighted by molar-refractivity contribution is 7.88. The van der Waals surface area contributed by atoms with Crippen LogP contribution in [0.5, 0.6) is 0 Å². The number of fused-ring (bicyclic) bond motifs is 1. The minimum Gasteiger partial charge on any atom is -0.459 e. The number of rotatable bonds is 4. The van der Waals surface area contributed by atoms with E-state index in [1.165, 1.54) is 10.6 Å². The zero-order chi connectivity index (χ0) is 19.0. The van der Waals surface area contributed by atoms with Gasteiger partial charge in [0, 0.05) is 37.0 Å². The molecule has 0 radical (unpaired) electrons. The molecule has 8 heteroatoms. The lowest BCUT2D eigenvalue weighted by Gasteiger charge is -2.23. The molecular formula is C19H20N4O3S. The fourth-order valence-electron chi connectivity index (χ4n) is 3.11. The fourth-order valence-corrected chi connectivity index (χ4v) is 3.91. The molecule has 140 valence electrons. The number of nitrogens with one attached hydrogen (secondary N) is 1. The van der Waals surface area contributed by atoms with Gasteiger partial charge in [-0.1, -0.05) is 18.2 Å². The van der Waals surface area contributed by atoms with Crippen molar-refractivity contribution in [3.63, 3.8) is 0 Å². The lowest BCUT2D eigenvalue weighted by atomic mass is 10.1. The number of anilines is 2. The van der Waals surface area contributed by atoms with Gasteiger partial charge in [-0.2, -0.15) is 4.31 Å². The summed E-state index contributed by atoms with van der Waals surface area (Å²) in [5, 5.41) is 3.18. The Morgan fingerprint density at radius 2 is 2.00 bits per heavy atom. The average Bonchev–Trinajstić information content (AvgIpc) is 3.06. The summed E-state index contributed by atoms with van der Waals surface area (Å²) >= 11 is 0. The molecule has 0 unspecified atom stereocenters. The van der Waals surface area contributed by atoms with Crippen molar-refractivity contribution in [3.8, 4) is 11.5 Å². The van der Waals surface area contributed by atoms with Gasteiger partial charge in [-0.05, 0) is 30.7 Å². The molecule has 1 aliphatic heterocycles. The van der Waals surface area contributed by atoms with Gasteiger partial charge in [-0.3, -0.25) is 0 Å². The van der Waals surface area contributed by atoms with Gasteiger partial charge in [-0.15, -0.1) is 0 Å². The van der Waals surface area contributed by atoms with Crippen LogP contribution in [0.15, 0.2) is 47.0 Å². The van der Waals surface area contributed by atoms with Gasteiger partial charge in [0.15, 0.2) is 5.76 Å². The molecule has 0 atom stereocenters. The normalized spacial score (nSPS) is 14.7. The monoisotopic (exact) mass is 384 g/mol. The number of sulfonamides is 1. The van der Waals surface area contributed by atoms with Crippen LogP contribution in [0, 0.1) is 6.92 Å². The topological polar surface area (TPSA) is 88.3 Å². The number of aromatic nitrogens is 2. The van der Waals surface area contributed by atoms with E-state index < -0.39 is 10.0 Å². The minimum atomic E-state index is -3.22. The van der Waals surface area contributed by atoms with Gasteiger partial charge in [0.1, 0.15) is 11.5 Å². The van der Waals surface area contributed by atoms with Crippen LogP contribution in [-0.2, 0) is 23.0 Å². The number of para-hydroxylation sites is 1. The molecule has 7 nitrogen and oxygen atoms in total. The Bertz CT molecular complexity index is 1080. The van der Waals surface area contributed by atoms with Crippen LogP contribution in [0.3, 0.4) is 0 Å². The molecule has 0 saturated heterocycles. The van der Waals surface area contributed by atoms with E-state index in [1.54, 1.807) is 6.20 Å². The standard InChI is InChI=1S/C19H20N4O3S/c1-13-11-20-19(21-15-6-4-3-5-7-15)22-18(13)17-10-14-12-23(27(2,24)25)9-8-16(14)26-17/h3-7,10-11H,8-9,12H2,1-2H3,(H,20,21,22). The Morgan fingerprint density at radius 1 is 1.22 bits per heavy atom. The van der Waals surface area contributed by atoms with Crippen LogP contribution in [0.1, 0.15) is 16.9 Å². The summed E-state index contributed by atoms with van der Waals surface area (Å²) in [4.78, 5) is 8.94. The summed E-state index contributed by atoms with van der Waals surface area (Å²) in [6.45, 7) is 2.69. The smallest absolute Gasteiger partial charge is 0.227 e. The minimum absolute atomic E-state index is 0.330. The van der Waals surface area contributed by atoms with E-state index in [0.717, 1.165) is 22.6 Å². The molecule has 0 fully saturated rings. The SMILES string of the molecule is Cc1cnc(Nc2ccccc2)nc1-c1cc2c(o1)CCN(S(C)(=O)=O)C2. The zero-order valence-corrected chi connectivity index (χ0v) is 16.0. The van der Waals surface area contributed by atoms with Crippen molar-refractivity contribution in [1.29, 1.82) is 0 Å². The molecule has 1 aliphatic rings. The van der Waals surface area contributed by atoms with Gasteiger partial charge in [-0.25, -0.2) is 18.4 Å². The molecule has 0 bridgehead atoms. The number of nitrogens with zero attached hydrogens (tertiary/aromatic N) is 3. The molecule has 1 N–H and O–H groups in total. The fraction of sp³-hybridized carbons (Fsp3) is 0.263. The molecule has 0 amide bonds. The van der Waals surface area contributed by atoms with E-state index in [9.17, 15) is 8.42 Å². The van der Waals surface area contributed by atoms with Crippen LogP contribution in [0.4, 0.5) is 11.6 Å². The van der Waals surface area contributed by atoms with Crippen molar-refractivity contribution in [3.05, 3.63) is 59.5 Å². The summed E-state index contributed by atoms with van der Waals surface area (Å²) < 4.78 is 31.1. The average molecular weight is 384 g/mol. The maximum absolute atomic E-state index is 11.8. The Hall–Kier alpha value is -2.71. The molecule has 0 aliphatic carbocycles. The first-order valence-corrected chi connectivity index (χ1v) is 10.5. The molecule has 3 aromatic rings. The number of furan rings is 1. The zero-order valence-electron chi connectivity index (χ0n) is 15.1. The third kappa shape index (κ3) is 3.72. The summed E-state index contributed by atoms with van der Waals surface area (Å²) in [7, 11) is -3.22. The van der Waals surface area contributed by atoms with E-state index in [2.05, 4.69) is 15.3 Å². The summed E-state index contributed by atoms with van der Waals surface area (Å²) in [6.07, 6.45) is 3.54. The number of benzene rings is 1. The lowest BCUT2D eigenvalue weighted by Crippen LogP contribution is -2.34. The van der Waals surface area contributed by atoms with E-state index in [0.29, 0.717) is 36.9 Å². The summed E-state index contributed by atoms with van der Waals surface area (Å²) in [5.41, 5.74) is 3.37. The summed E-state index contributed by atoms with van der Waals surface area (Å²) in [5.74, 6) is 1.93. The molecule has 2 aromatic heterocycles. The van der Waals surface area contributed by atoms with Crippen LogP contribution in [-0.4, -0.2) is 35.5 Å². The van der Waals surface area contributed by atoms with Gasteiger partial charge in [0.05, 0.1) is 6.26 Å². The first kappa shape index (κ1) is 17.7. The Kier molecular flexibility index (Phi) is 4.45. The molecule has 0 saturated carbocycles. The highest BCUT2D eigenvalue weighted by atomic mass is 32.2. The van der Waals surface area contributed by atoms with Crippen molar-refractivity contribution < 1.29 is 12.8 Å². The quantitative estimate of drug-likeness (QED) is 0.744. The Morgan fingerprint density at radius 3 is 2.74 bits per heavy atom. The summed E-state index contributed by atoms with van der Waals surface area (Å²) in [6, 6.07) is 11.6. The number of hydrogen-bond donors (Lipinski definition) is 1. The van der Waals surface area contributed by atoms with Gasteiger partial charge in [0.25, 0.3) is 0 Å². The van der Waals surface area contributed by atoms with Crippen LogP contribution >= 0.6 is 0 Å². The van der Waals surface area contributed by atoms with Gasteiger partial charge < -0.3 is 9.73 Å². The van der Waals surface area contributed by atoms with Crippen molar-refractivity contribution >= 4 is 21.7 Å². The number of aryl methyl sites for hydroxylation is 1. The lowest BCUT2D eigenvalue weighted by molar-refractivity contribution is 0.366. The third-order valence-corrected chi connectivity index (χ3v) is 5.79. The predicted octanol–water partition coefficient (Wildman–Crippen LogP) is 3.11. The van der Waals surface area contributed by atoms with Gasteiger partial charge >= 0.3 is 0 Å². The first-order chi connectivity index (χ1) is 12.9. The van der Waals surface area contributed by atoms with E-state index in [-0.39, 0.29) is 0 Å². The second kappa shape index (κ2) is 6.79. The van der Waals surface area contributed by atoms with E-state index in [4.69, 9.17) is 4.42 Å². The third-order valence-electron chi connectivity index (χ3n) is 4.54. The molecule has 4 rings (SSSR count). The van der Waals surface area contributed by atoms with Crippen molar-refractivity contribution in [2.45, 2.75) is 19.9 Å². The highest BCUT2D eigenvalue weighted by Gasteiger charge is 2.27. The van der Waals surface area contributed by atoms with Crippen molar-refractivity contribution in [2.75, 3.05) is 18.1 Å². The number of hydrogen-bond acceptors (Lipinski definition) is 6. The largest absolute Gasteiger partial charge is 0.459 e. The van der Waals surface area contributed by atoms with Crippen LogP contribution < -0.4 is 5.32 Å². The molecular weight excluding hydrogens is 364 g/mol. The van der Waals surface area contributed by atoms with Crippen molar-refractivity contribution in [1.82, 2.24) is 14.3 Å². The second-order valence-electron chi connectivity index (χ2n) is 6.62. The predicted molar refractivity (Wildman–Crippen MR) is 103 cm³/mol. The molecule has 3 heterocycles. The molecule has 1 aromatic carbocycles. The van der Waals surface area contributed by atoms with Crippen LogP contribution in [0.25, 0.3) is 11.5 Å². The highest BCUT2D eigenvalue weighted by Crippen LogP contribution is 2.31. The van der Waals surface area contributed by atoms with Crippen molar-refractivity contribution in [2.24, 2.45) is 0 Å². The van der Waals surface area contributed by atoms with Gasteiger partial charge in [0.2, 0.25) is 16.0 Å². The molecule has 0 spiro atoms. The molecule has 27 heavy (non-hydrogen) atoms. The maximum atomic E-state index is 11.8.